The Kier molecular flexibility index (Phi) is 7.30. The van der Waals surface area contributed by atoms with E-state index in [-0.39, 0.29) is 16.9 Å². The number of halogens is 1. The quantitative estimate of drug-likeness (QED) is 0.322. The Morgan fingerprint density at radius 1 is 1.00 bits per heavy atom. The number of carboxylic acids is 1. The number of hydrogen-bond donors (Lipinski definition) is 2. The van der Waals surface area contributed by atoms with Crippen LogP contribution < -0.4 is 15.6 Å². The molecular weight excluding hydrogens is 518 g/mol. The van der Waals surface area contributed by atoms with Gasteiger partial charge in [0.1, 0.15) is 11.3 Å². The van der Waals surface area contributed by atoms with Crippen molar-refractivity contribution in [2.75, 3.05) is 36.4 Å². The number of carboxylic acid groups (broad SMARTS) is 1. The van der Waals surface area contributed by atoms with Gasteiger partial charge in [-0.15, -0.1) is 0 Å². The Morgan fingerprint density at radius 2 is 1.69 bits per heavy atom. The summed E-state index contributed by atoms with van der Waals surface area (Å²) in [6.45, 7) is 6.33. The van der Waals surface area contributed by atoms with Crippen LogP contribution in [0.5, 0.6) is 0 Å². The molecule has 1 aliphatic rings. The molecule has 4 aromatic rings. The molecule has 0 spiro atoms. The van der Waals surface area contributed by atoms with Gasteiger partial charge in [0.15, 0.2) is 5.43 Å². The highest BCUT2D eigenvalue weighted by atomic mass is 35.5. The van der Waals surface area contributed by atoms with Gasteiger partial charge in [0.2, 0.25) is 5.91 Å². The van der Waals surface area contributed by atoms with E-state index in [0.29, 0.717) is 46.1 Å². The number of anilines is 2. The van der Waals surface area contributed by atoms with Crippen LogP contribution in [0.2, 0.25) is 5.02 Å². The number of nitrogens with zero attached hydrogens (tertiary/aromatic N) is 2. The van der Waals surface area contributed by atoms with Crippen molar-refractivity contribution in [1.82, 2.24) is 4.90 Å². The highest BCUT2D eigenvalue weighted by molar-refractivity contribution is 6.31. The van der Waals surface area contributed by atoms with Crippen LogP contribution in [-0.4, -0.2) is 48.1 Å². The number of benzene rings is 3. The standard InChI is InChI=1S/C30H28ClN3O5/c1-18(32-26-6-4-3-5-23(26)30(37)38)24-15-21(31)16-25-27(36)17-28(39-29(24)25)20-7-9-22(10-8-20)34-13-11-33(12-14-34)19(2)35/h3-10,15-18,32H,11-14H2,1-2H3,(H,37,38)/t18-/m1/s1. The van der Waals surface area contributed by atoms with Gasteiger partial charge in [-0.05, 0) is 55.5 Å². The summed E-state index contributed by atoms with van der Waals surface area (Å²) in [6.07, 6.45) is 0. The maximum Gasteiger partial charge on any atom is 0.337 e. The molecule has 39 heavy (non-hydrogen) atoms. The minimum Gasteiger partial charge on any atom is -0.478 e. The molecule has 1 fully saturated rings. The molecule has 1 amide bonds. The number of carbonyl (C=O) groups excluding carboxylic acids is 1. The van der Waals surface area contributed by atoms with Crippen LogP contribution in [0, 0.1) is 0 Å². The summed E-state index contributed by atoms with van der Waals surface area (Å²) in [7, 11) is 0. The molecule has 2 N–H and O–H groups in total. The van der Waals surface area contributed by atoms with Crippen molar-refractivity contribution in [3.63, 3.8) is 0 Å². The van der Waals surface area contributed by atoms with Crippen LogP contribution in [0.25, 0.3) is 22.3 Å². The van der Waals surface area contributed by atoms with E-state index < -0.39 is 12.0 Å². The van der Waals surface area contributed by atoms with Gasteiger partial charge in [-0.2, -0.15) is 0 Å². The number of hydrogen-bond acceptors (Lipinski definition) is 6. The molecule has 1 saturated heterocycles. The molecule has 1 atom stereocenters. The molecule has 0 aliphatic carbocycles. The fourth-order valence-corrected chi connectivity index (χ4v) is 5.16. The maximum absolute atomic E-state index is 13.1. The minimum absolute atomic E-state index is 0.0904. The number of aromatic carboxylic acids is 1. The summed E-state index contributed by atoms with van der Waals surface area (Å²) >= 11 is 6.37. The van der Waals surface area contributed by atoms with E-state index in [9.17, 15) is 19.5 Å². The molecule has 0 unspecified atom stereocenters. The van der Waals surface area contributed by atoms with Crippen LogP contribution in [0.4, 0.5) is 11.4 Å². The average Bonchev–Trinajstić information content (AvgIpc) is 2.93. The lowest BCUT2D eigenvalue weighted by molar-refractivity contribution is -0.129. The van der Waals surface area contributed by atoms with Crippen LogP contribution in [0.15, 0.2) is 75.9 Å². The van der Waals surface area contributed by atoms with Crippen molar-refractivity contribution in [2.24, 2.45) is 0 Å². The van der Waals surface area contributed by atoms with Gasteiger partial charge in [0.25, 0.3) is 0 Å². The van der Waals surface area contributed by atoms with Crippen LogP contribution in [0.3, 0.4) is 0 Å². The molecule has 0 bridgehead atoms. The van der Waals surface area contributed by atoms with E-state index >= 15 is 0 Å². The van der Waals surface area contributed by atoms with Gasteiger partial charge in [-0.25, -0.2) is 4.79 Å². The fraction of sp³-hybridized carbons (Fsp3) is 0.233. The third-order valence-electron chi connectivity index (χ3n) is 7.06. The van der Waals surface area contributed by atoms with Crippen molar-refractivity contribution in [1.29, 1.82) is 0 Å². The number of para-hydroxylation sites is 1. The van der Waals surface area contributed by atoms with E-state index in [0.717, 1.165) is 24.3 Å². The first-order chi connectivity index (χ1) is 18.7. The van der Waals surface area contributed by atoms with Crippen LogP contribution >= 0.6 is 11.6 Å². The topological polar surface area (TPSA) is 103 Å². The predicted molar refractivity (Wildman–Crippen MR) is 153 cm³/mol. The summed E-state index contributed by atoms with van der Waals surface area (Å²) in [6, 6.07) is 18.8. The van der Waals surface area contributed by atoms with Crippen molar-refractivity contribution in [3.05, 3.63) is 93.1 Å². The number of carbonyl (C=O) groups is 2. The average molecular weight is 546 g/mol. The van der Waals surface area contributed by atoms with E-state index in [2.05, 4.69) is 10.2 Å². The van der Waals surface area contributed by atoms with Gasteiger partial charge in [-0.1, -0.05) is 23.7 Å². The summed E-state index contributed by atoms with van der Waals surface area (Å²) < 4.78 is 6.30. The smallest absolute Gasteiger partial charge is 0.337 e. The van der Waals surface area contributed by atoms with Crippen molar-refractivity contribution < 1.29 is 19.1 Å². The molecule has 1 aliphatic heterocycles. The lowest BCUT2D eigenvalue weighted by Crippen LogP contribution is -2.48. The molecular formula is C30H28ClN3O5. The second kappa shape index (κ2) is 10.8. The van der Waals surface area contributed by atoms with Crippen molar-refractivity contribution >= 4 is 45.8 Å². The van der Waals surface area contributed by atoms with E-state index in [1.54, 1.807) is 37.3 Å². The number of amides is 1. The first-order valence-corrected chi connectivity index (χ1v) is 13.1. The molecule has 0 saturated carbocycles. The van der Waals surface area contributed by atoms with Gasteiger partial charge >= 0.3 is 5.97 Å². The van der Waals surface area contributed by atoms with Crippen molar-refractivity contribution in [2.45, 2.75) is 19.9 Å². The molecule has 3 aromatic carbocycles. The second-order valence-corrected chi connectivity index (χ2v) is 10.0. The SMILES string of the molecule is CC(=O)N1CCN(c2ccc(-c3cc(=O)c4cc(Cl)cc([C@@H](C)Nc5ccccc5C(=O)O)c4o3)cc2)CC1. The Labute approximate surface area is 230 Å². The third-order valence-corrected chi connectivity index (χ3v) is 7.28. The highest BCUT2D eigenvalue weighted by Crippen LogP contribution is 2.33. The lowest BCUT2D eigenvalue weighted by Gasteiger charge is -2.35. The third kappa shape index (κ3) is 5.47. The highest BCUT2D eigenvalue weighted by Gasteiger charge is 2.20. The summed E-state index contributed by atoms with van der Waals surface area (Å²) in [5, 5.41) is 13.5. The van der Waals surface area contributed by atoms with Gasteiger partial charge in [0, 0.05) is 66.7 Å². The molecule has 2 heterocycles. The van der Waals surface area contributed by atoms with E-state index in [1.807, 2.05) is 36.1 Å². The molecule has 1 aromatic heterocycles. The van der Waals surface area contributed by atoms with Crippen molar-refractivity contribution in [3.8, 4) is 11.3 Å². The largest absolute Gasteiger partial charge is 0.478 e. The summed E-state index contributed by atoms with van der Waals surface area (Å²) in [5.41, 5.74) is 3.17. The Morgan fingerprint density at radius 3 is 2.36 bits per heavy atom. The molecule has 9 heteroatoms. The first-order valence-electron chi connectivity index (χ1n) is 12.7. The normalized spacial score (nSPS) is 14.3. The second-order valence-electron chi connectivity index (χ2n) is 9.60. The fourth-order valence-electron chi connectivity index (χ4n) is 4.93. The van der Waals surface area contributed by atoms with Crippen LogP contribution in [0.1, 0.15) is 35.8 Å². The number of piperazine rings is 1. The molecule has 8 nitrogen and oxygen atoms in total. The van der Waals surface area contributed by atoms with Gasteiger partial charge in [0.05, 0.1) is 17.0 Å². The number of nitrogens with one attached hydrogen (secondary N) is 1. The Hall–Kier alpha value is -4.30. The summed E-state index contributed by atoms with van der Waals surface area (Å²) in [4.78, 5) is 40.5. The predicted octanol–water partition coefficient (Wildman–Crippen LogP) is 5.65. The number of fused-ring (bicyclic) bond motifs is 1. The molecule has 5 rings (SSSR count). The maximum atomic E-state index is 13.1. The molecule has 0 radical (unpaired) electrons. The Bertz CT molecular complexity index is 1610. The number of rotatable bonds is 6. The monoisotopic (exact) mass is 545 g/mol. The van der Waals surface area contributed by atoms with Gasteiger partial charge in [-0.3, -0.25) is 9.59 Å². The van der Waals surface area contributed by atoms with E-state index in [4.69, 9.17) is 16.0 Å². The van der Waals surface area contributed by atoms with Crippen LogP contribution in [-0.2, 0) is 4.79 Å². The zero-order valence-corrected chi connectivity index (χ0v) is 22.4. The zero-order chi connectivity index (χ0) is 27.7. The Balaban J connectivity index is 1.46. The zero-order valence-electron chi connectivity index (χ0n) is 21.6. The first kappa shape index (κ1) is 26.3. The van der Waals surface area contributed by atoms with Gasteiger partial charge < -0.3 is 24.6 Å². The van der Waals surface area contributed by atoms with E-state index in [1.165, 1.54) is 12.1 Å². The molecule has 200 valence electrons. The summed E-state index contributed by atoms with van der Waals surface area (Å²) in [5.74, 6) is -0.533. The minimum atomic E-state index is -1.04. The lowest BCUT2D eigenvalue weighted by atomic mass is 10.0.